The zero-order chi connectivity index (χ0) is 15.3. The predicted octanol–water partition coefficient (Wildman–Crippen LogP) is 2.42. The van der Waals surface area contributed by atoms with Gasteiger partial charge in [-0.05, 0) is 18.8 Å². The van der Waals surface area contributed by atoms with Crippen LogP contribution >= 0.6 is 11.3 Å². The molecule has 0 bridgehead atoms. The molecule has 1 aliphatic rings. The summed E-state index contributed by atoms with van der Waals surface area (Å²) >= 11 is 1.61. The Bertz CT molecular complexity index is 516. The van der Waals surface area contributed by atoms with E-state index in [1.54, 1.807) is 21.8 Å². The molecule has 2 heterocycles. The van der Waals surface area contributed by atoms with Gasteiger partial charge in [0.25, 0.3) is 0 Å². The first-order valence-electron chi connectivity index (χ1n) is 7.65. The molecule has 1 aromatic rings. The molecule has 0 saturated carbocycles. The van der Waals surface area contributed by atoms with Gasteiger partial charge in [0.15, 0.2) is 5.13 Å². The molecule has 1 atom stereocenters. The lowest BCUT2D eigenvalue weighted by Crippen LogP contribution is -2.38. The number of anilines is 1. The SMILES string of the molecule is CCC[C@H](C)CS(=O)(=O)N1CCCN(c2nccs2)CC1. The Labute approximate surface area is 132 Å². The summed E-state index contributed by atoms with van der Waals surface area (Å²) < 4.78 is 26.7. The van der Waals surface area contributed by atoms with Crippen molar-refractivity contribution < 1.29 is 8.42 Å². The van der Waals surface area contributed by atoms with E-state index in [1.807, 2.05) is 12.3 Å². The molecular weight excluding hydrogens is 306 g/mol. The van der Waals surface area contributed by atoms with Crippen LogP contribution in [0.25, 0.3) is 0 Å². The van der Waals surface area contributed by atoms with E-state index in [0.717, 1.165) is 37.5 Å². The van der Waals surface area contributed by atoms with Crippen LogP contribution in [0, 0.1) is 5.92 Å². The first kappa shape index (κ1) is 16.7. The van der Waals surface area contributed by atoms with E-state index in [1.165, 1.54) is 0 Å². The topological polar surface area (TPSA) is 53.5 Å². The Kier molecular flexibility index (Phi) is 6.01. The second-order valence-electron chi connectivity index (χ2n) is 5.73. The van der Waals surface area contributed by atoms with Gasteiger partial charge in [0.05, 0.1) is 5.75 Å². The molecule has 7 heteroatoms. The minimum Gasteiger partial charge on any atom is -0.347 e. The number of hydrogen-bond acceptors (Lipinski definition) is 5. The van der Waals surface area contributed by atoms with E-state index < -0.39 is 10.0 Å². The van der Waals surface area contributed by atoms with E-state index in [4.69, 9.17) is 0 Å². The minimum atomic E-state index is -3.13. The Balaban J connectivity index is 1.95. The largest absolute Gasteiger partial charge is 0.347 e. The Hall–Kier alpha value is -0.660. The summed E-state index contributed by atoms with van der Waals surface area (Å²) in [6.45, 7) is 6.93. The van der Waals surface area contributed by atoms with E-state index in [0.29, 0.717) is 13.1 Å². The average Bonchev–Trinajstić information content (AvgIpc) is 2.82. The summed E-state index contributed by atoms with van der Waals surface area (Å²) in [5, 5.41) is 2.95. The van der Waals surface area contributed by atoms with Crippen molar-refractivity contribution in [3.05, 3.63) is 11.6 Å². The van der Waals surface area contributed by atoms with E-state index in [-0.39, 0.29) is 11.7 Å². The lowest BCUT2D eigenvalue weighted by Gasteiger charge is -2.23. The van der Waals surface area contributed by atoms with Gasteiger partial charge >= 0.3 is 0 Å². The summed E-state index contributed by atoms with van der Waals surface area (Å²) in [4.78, 5) is 6.51. The number of aromatic nitrogens is 1. The molecule has 120 valence electrons. The third kappa shape index (κ3) is 4.66. The minimum absolute atomic E-state index is 0.235. The van der Waals surface area contributed by atoms with Crippen LogP contribution in [-0.2, 0) is 10.0 Å². The van der Waals surface area contributed by atoms with Gasteiger partial charge in [0.2, 0.25) is 10.0 Å². The number of rotatable bonds is 6. The first-order valence-corrected chi connectivity index (χ1v) is 10.1. The van der Waals surface area contributed by atoms with Gasteiger partial charge in [-0.2, -0.15) is 0 Å². The predicted molar refractivity (Wildman–Crippen MR) is 88.4 cm³/mol. The maximum Gasteiger partial charge on any atom is 0.214 e. The van der Waals surface area contributed by atoms with E-state index in [9.17, 15) is 8.42 Å². The molecule has 0 radical (unpaired) electrons. The number of sulfonamides is 1. The van der Waals surface area contributed by atoms with Crippen LogP contribution in [0.3, 0.4) is 0 Å². The fourth-order valence-corrected chi connectivity index (χ4v) is 5.34. The fourth-order valence-electron chi connectivity index (χ4n) is 2.78. The Morgan fingerprint density at radius 2 is 2.14 bits per heavy atom. The molecule has 0 amide bonds. The van der Waals surface area contributed by atoms with Crippen LogP contribution in [0.5, 0.6) is 0 Å². The molecule has 5 nitrogen and oxygen atoms in total. The first-order chi connectivity index (χ1) is 10.0. The molecule has 1 saturated heterocycles. The van der Waals surface area contributed by atoms with Gasteiger partial charge in [-0.25, -0.2) is 17.7 Å². The van der Waals surface area contributed by atoms with Crippen molar-refractivity contribution in [2.24, 2.45) is 5.92 Å². The van der Waals surface area contributed by atoms with Crippen LogP contribution in [0.4, 0.5) is 5.13 Å². The lowest BCUT2D eigenvalue weighted by molar-refractivity contribution is 0.423. The number of nitrogens with zero attached hydrogens (tertiary/aromatic N) is 3. The fraction of sp³-hybridized carbons (Fsp3) is 0.786. The van der Waals surface area contributed by atoms with Crippen LogP contribution in [0.15, 0.2) is 11.6 Å². The molecule has 1 fully saturated rings. The van der Waals surface area contributed by atoms with Gasteiger partial charge in [0, 0.05) is 37.8 Å². The number of thiazole rings is 1. The molecule has 1 aromatic heterocycles. The maximum atomic E-state index is 12.5. The molecule has 0 unspecified atom stereocenters. The second-order valence-corrected chi connectivity index (χ2v) is 8.61. The van der Waals surface area contributed by atoms with Crippen LogP contribution in [0.1, 0.15) is 33.1 Å². The highest BCUT2D eigenvalue weighted by Gasteiger charge is 2.27. The van der Waals surface area contributed by atoms with Crippen molar-refractivity contribution in [1.82, 2.24) is 9.29 Å². The van der Waals surface area contributed by atoms with E-state index in [2.05, 4.69) is 16.8 Å². The standard InChI is InChI=1S/C14H25N3O2S2/c1-3-5-13(2)12-21(18,19)17-8-4-7-16(9-10-17)14-15-6-11-20-14/h6,11,13H,3-5,7-10,12H2,1-2H3/t13-/m0/s1. The zero-order valence-corrected chi connectivity index (χ0v) is 14.5. The van der Waals surface area contributed by atoms with Crippen molar-refractivity contribution in [3.8, 4) is 0 Å². The van der Waals surface area contributed by atoms with Crippen LogP contribution in [0.2, 0.25) is 0 Å². The van der Waals surface area contributed by atoms with Crippen molar-refractivity contribution in [1.29, 1.82) is 0 Å². The highest BCUT2D eigenvalue weighted by atomic mass is 32.2. The normalized spacial score (nSPS) is 19.4. The van der Waals surface area contributed by atoms with Crippen LogP contribution in [-0.4, -0.2) is 49.6 Å². The number of hydrogen-bond donors (Lipinski definition) is 0. The molecule has 2 rings (SSSR count). The summed E-state index contributed by atoms with van der Waals surface area (Å²) in [7, 11) is -3.13. The highest BCUT2D eigenvalue weighted by molar-refractivity contribution is 7.89. The van der Waals surface area contributed by atoms with Gasteiger partial charge in [0.1, 0.15) is 0 Å². The van der Waals surface area contributed by atoms with E-state index >= 15 is 0 Å². The van der Waals surface area contributed by atoms with Gasteiger partial charge in [-0.3, -0.25) is 0 Å². The average molecular weight is 332 g/mol. The Morgan fingerprint density at radius 3 is 2.81 bits per heavy atom. The molecule has 1 aliphatic heterocycles. The molecule has 0 N–H and O–H groups in total. The van der Waals surface area contributed by atoms with Gasteiger partial charge in [-0.15, -0.1) is 11.3 Å². The maximum absolute atomic E-state index is 12.5. The van der Waals surface area contributed by atoms with Gasteiger partial charge in [-0.1, -0.05) is 20.3 Å². The third-order valence-corrected chi connectivity index (χ3v) is 6.79. The highest BCUT2D eigenvalue weighted by Crippen LogP contribution is 2.20. The summed E-state index contributed by atoms with van der Waals surface area (Å²) in [5.74, 6) is 0.510. The Morgan fingerprint density at radius 1 is 1.33 bits per heavy atom. The van der Waals surface area contributed by atoms with Crippen molar-refractivity contribution >= 4 is 26.5 Å². The van der Waals surface area contributed by atoms with Crippen molar-refractivity contribution in [2.75, 3.05) is 36.8 Å². The molecular formula is C14H25N3O2S2. The zero-order valence-electron chi connectivity index (χ0n) is 12.9. The second kappa shape index (κ2) is 7.56. The van der Waals surface area contributed by atoms with Crippen molar-refractivity contribution in [2.45, 2.75) is 33.1 Å². The molecule has 0 aliphatic carbocycles. The monoisotopic (exact) mass is 331 g/mol. The van der Waals surface area contributed by atoms with Gasteiger partial charge < -0.3 is 4.90 Å². The summed E-state index contributed by atoms with van der Waals surface area (Å²) in [5.41, 5.74) is 0. The van der Waals surface area contributed by atoms with Crippen LogP contribution < -0.4 is 4.90 Å². The quantitative estimate of drug-likeness (QED) is 0.803. The summed E-state index contributed by atoms with van der Waals surface area (Å²) in [6, 6.07) is 0. The smallest absolute Gasteiger partial charge is 0.214 e. The molecule has 0 aromatic carbocycles. The lowest BCUT2D eigenvalue weighted by atomic mass is 10.1. The molecule has 21 heavy (non-hydrogen) atoms. The van der Waals surface area contributed by atoms with Crippen molar-refractivity contribution in [3.63, 3.8) is 0 Å². The summed E-state index contributed by atoms with van der Waals surface area (Å²) in [6.07, 6.45) is 4.67. The third-order valence-electron chi connectivity index (χ3n) is 3.81. The molecule has 0 spiro atoms.